The van der Waals surface area contributed by atoms with Gasteiger partial charge in [0.2, 0.25) is 0 Å². The maximum atomic E-state index is 12.7. The summed E-state index contributed by atoms with van der Waals surface area (Å²) in [5.74, 6) is 1.57. The van der Waals surface area contributed by atoms with Gasteiger partial charge in [0.05, 0.1) is 6.04 Å². The minimum absolute atomic E-state index is 0.00677. The Morgan fingerprint density at radius 1 is 1.28 bits per heavy atom. The average Bonchev–Trinajstić information content (AvgIpc) is 3.09. The maximum absolute atomic E-state index is 12.7. The third-order valence-electron chi connectivity index (χ3n) is 5.35. The molecule has 0 spiro atoms. The molecule has 1 aromatic rings. The lowest BCUT2D eigenvalue weighted by molar-refractivity contribution is 0.165. The van der Waals surface area contributed by atoms with Crippen LogP contribution in [-0.4, -0.2) is 61.8 Å². The van der Waals surface area contributed by atoms with Crippen molar-refractivity contribution in [3.63, 3.8) is 0 Å². The number of hydrogen-bond donors (Lipinski definition) is 1. The highest BCUT2D eigenvalue weighted by Crippen LogP contribution is 2.38. The van der Waals surface area contributed by atoms with Gasteiger partial charge >= 0.3 is 6.03 Å². The number of rotatable bonds is 4. The Morgan fingerprint density at radius 2 is 2.00 bits per heavy atom. The Kier molecular flexibility index (Phi) is 5.08. The monoisotopic (exact) mass is 347 g/mol. The van der Waals surface area contributed by atoms with Crippen molar-refractivity contribution in [1.29, 1.82) is 0 Å². The smallest absolute Gasteiger partial charge is 0.317 e. The van der Waals surface area contributed by atoms with Crippen molar-refractivity contribution < 1.29 is 14.3 Å². The first-order valence-electron chi connectivity index (χ1n) is 9.00. The van der Waals surface area contributed by atoms with Gasteiger partial charge in [-0.1, -0.05) is 6.07 Å². The molecule has 2 aliphatic heterocycles. The van der Waals surface area contributed by atoms with Crippen LogP contribution in [0.15, 0.2) is 18.2 Å². The number of likely N-dealkylation sites (N-methyl/N-ethyl adjacent to an activating group) is 1. The first kappa shape index (κ1) is 17.9. The van der Waals surface area contributed by atoms with Gasteiger partial charge in [0, 0.05) is 18.6 Å². The number of likely N-dealkylation sites (tertiary alicyclic amines) is 1. The number of urea groups is 1. The van der Waals surface area contributed by atoms with Crippen LogP contribution in [-0.2, 0) is 0 Å². The number of amides is 2. The van der Waals surface area contributed by atoms with Crippen LogP contribution in [0.4, 0.5) is 4.79 Å². The number of benzene rings is 1. The quantitative estimate of drug-likeness (QED) is 0.910. The Morgan fingerprint density at radius 3 is 2.72 bits per heavy atom. The lowest BCUT2D eigenvalue weighted by atomic mass is 10.0. The fraction of sp³-hybridized carbons (Fsp3) is 0.632. The summed E-state index contributed by atoms with van der Waals surface area (Å²) in [6, 6.07) is 6.13. The second-order valence-corrected chi connectivity index (χ2v) is 7.62. The molecule has 1 aromatic carbocycles. The summed E-state index contributed by atoms with van der Waals surface area (Å²) in [7, 11) is 4.06. The number of carbonyl (C=O) groups excluding carboxylic acids is 1. The van der Waals surface area contributed by atoms with E-state index in [0.29, 0.717) is 19.8 Å². The molecule has 1 fully saturated rings. The van der Waals surface area contributed by atoms with Crippen molar-refractivity contribution in [2.45, 2.75) is 38.3 Å². The molecule has 0 bridgehead atoms. The summed E-state index contributed by atoms with van der Waals surface area (Å²) < 4.78 is 11.3. The van der Waals surface area contributed by atoms with E-state index in [-0.39, 0.29) is 17.6 Å². The number of nitrogens with one attached hydrogen (secondary N) is 1. The highest BCUT2D eigenvalue weighted by molar-refractivity contribution is 5.75. The zero-order valence-electron chi connectivity index (χ0n) is 15.7. The Labute approximate surface area is 150 Å². The molecule has 1 atom stereocenters. The van der Waals surface area contributed by atoms with Gasteiger partial charge in [-0.05, 0) is 58.5 Å². The van der Waals surface area contributed by atoms with Gasteiger partial charge in [0.15, 0.2) is 11.5 Å². The highest BCUT2D eigenvalue weighted by atomic mass is 16.6. The van der Waals surface area contributed by atoms with E-state index in [9.17, 15) is 4.79 Å². The third-order valence-corrected chi connectivity index (χ3v) is 5.35. The zero-order valence-corrected chi connectivity index (χ0v) is 15.7. The molecule has 2 heterocycles. The van der Waals surface area contributed by atoms with Crippen LogP contribution in [0.5, 0.6) is 11.5 Å². The Hall–Kier alpha value is -1.95. The largest absolute Gasteiger partial charge is 0.486 e. The molecule has 0 aliphatic carbocycles. The molecule has 3 rings (SSSR count). The summed E-state index contributed by atoms with van der Waals surface area (Å²) in [5, 5.41) is 3.10. The van der Waals surface area contributed by atoms with Crippen molar-refractivity contribution in [2.75, 3.05) is 40.4 Å². The van der Waals surface area contributed by atoms with Crippen LogP contribution in [0.3, 0.4) is 0 Å². The predicted octanol–water partition coefficient (Wildman–Crippen LogP) is 2.64. The van der Waals surface area contributed by atoms with E-state index < -0.39 is 0 Å². The van der Waals surface area contributed by atoms with Gasteiger partial charge in [0.1, 0.15) is 13.2 Å². The summed E-state index contributed by atoms with van der Waals surface area (Å²) in [6.07, 6.45) is 1.99. The highest BCUT2D eigenvalue weighted by Gasteiger charge is 2.32. The molecule has 25 heavy (non-hydrogen) atoms. The van der Waals surface area contributed by atoms with Gasteiger partial charge in [0.25, 0.3) is 0 Å². The number of ether oxygens (including phenoxy) is 2. The maximum Gasteiger partial charge on any atom is 0.317 e. The van der Waals surface area contributed by atoms with Gasteiger partial charge in [-0.3, -0.25) is 0 Å². The molecular formula is C19H29N3O3. The average molecular weight is 347 g/mol. The normalized spacial score (nSPS) is 20.0. The van der Waals surface area contributed by atoms with E-state index in [1.165, 1.54) is 0 Å². The van der Waals surface area contributed by atoms with E-state index in [2.05, 4.69) is 24.1 Å². The van der Waals surface area contributed by atoms with Crippen LogP contribution >= 0.6 is 0 Å². The van der Waals surface area contributed by atoms with Gasteiger partial charge < -0.3 is 24.6 Å². The van der Waals surface area contributed by atoms with E-state index in [1.807, 2.05) is 37.2 Å². The predicted molar refractivity (Wildman–Crippen MR) is 97.3 cm³/mol. The van der Waals surface area contributed by atoms with Gasteiger partial charge in [-0.15, -0.1) is 0 Å². The van der Waals surface area contributed by atoms with Crippen molar-refractivity contribution in [1.82, 2.24) is 15.1 Å². The molecular weight excluding hydrogens is 318 g/mol. The lowest BCUT2D eigenvalue weighted by Gasteiger charge is -2.34. The lowest BCUT2D eigenvalue weighted by Crippen LogP contribution is -2.51. The Bertz CT molecular complexity index is 630. The molecule has 2 amide bonds. The minimum atomic E-state index is -0.0815. The Balaban J connectivity index is 1.69. The van der Waals surface area contributed by atoms with E-state index >= 15 is 0 Å². The third kappa shape index (κ3) is 3.84. The van der Waals surface area contributed by atoms with Crippen molar-refractivity contribution >= 4 is 6.03 Å². The molecule has 1 N–H and O–H groups in total. The molecule has 0 unspecified atom stereocenters. The zero-order chi connectivity index (χ0) is 18.0. The van der Waals surface area contributed by atoms with E-state index in [0.717, 1.165) is 36.4 Å². The first-order valence-corrected chi connectivity index (χ1v) is 9.00. The molecule has 138 valence electrons. The molecule has 2 aliphatic rings. The molecule has 0 radical (unpaired) electrons. The molecule has 0 aromatic heterocycles. The summed E-state index contributed by atoms with van der Waals surface area (Å²) in [6.45, 7) is 6.80. The van der Waals surface area contributed by atoms with Crippen LogP contribution < -0.4 is 14.8 Å². The van der Waals surface area contributed by atoms with Gasteiger partial charge in [-0.2, -0.15) is 0 Å². The van der Waals surface area contributed by atoms with Crippen molar-refractivity contribution in [2.24, 2.45) is 0 Å². The summed E-state index contributed by atoms with van der Waals surface area (Å²) >= 11 is 0. The molecule has 6 heteroatoms. The topological polar surface area (TPSA) is 54.0 Å². The standard InChI is InChI=1S/C19H29N3O3/c1-19(2,21(3)4)13-20-18(23)22-9-5-6-15(22)14-7-8-16-17(12-14)25-11-10-24-16/h7-8,12,15H,5-6,9-11,13H2,1-4H3,(H,20,23)/t15-/m1/s1. The van der Waals surface area contributed by atoms with E-state index in [1.54, 1.807) is 0 Å². The number of fused-ring (bicyclic) bond motifs is 1. The van der Waals surface area contributed by atoms with Crippen molar-refractivity contribution in [3.8, 4) is 11.5 Å². The number of hydrogen-bond acceptors (Lipinski definition) is 4. The number of carbonyl (C=O) groups is 1. The second-order valence-electron chi connectivity index (χ2n) is 7.62. The summed E-state index contributed by atoms with van der Waals surface area (Å²) in [4.78, 5) is 16.8. The molecule has 1 saturated heterocycles. The van der Waals surface area contributed by atoms with Crippen LogP contribution in [0.1, 0.15) is 38.3 Å². The van der Waals surface area contributed by atoms with Crippen LogP contribution in [0, 0.1) is 0 Å². The summed E-state index contributed by atoms with van der Waals surface area (Å²) in [5.41, 5.74) is 1.03. The first-order chi connectivity index (χ1) is 11.9. The van der Waals surface area contributed by atoms with Crippen molar-refractivity contribution in [3.05, 3.63) is 23.8 Å². The second kappa shape index (κ2) is 7.12. The number of nitrogens with zero attached hydrogens (tertiary/aromatic N) is 2. The van der Waals surface area contributed by atoms with Gasteiger partial charge in [-0.25, -0.2) is 4.79 Å². The van der Waals surface area contributed by atoms with Crippen LogP contribution in [0.2, 0.25) is 0 Å². The molecule has 6 nitrogen and oxygen atoms in total. The van der Waals surface area contributed by atoms with Crippen LogP contribution in [0.25, 0.3) is 0 Å². The van der Waals surface area contributed by atoms with E-state index in [4.69, 9.17) is 9.47 Å². The minimum Gasteiger partial charge on any atom is -0.486 e. The SMILES string of the molecule is CN(C)C(C)(C)CNC(=O)N1CCC[C@@H]1c1ccc2c(c1)OCCO2. The fourth-order valence-electron chi connectivity index (χ4n) is 3.18. The molecule has 0 saturated carbocycles. The fourth-order valence-corrected chi connectivity index (χ4v) is 3.18.